The van der Waals surface area contributed by atoms with E-state index in [1.165, 1.54) is 19.3 Å². The summed E-state index contributed by atoms with van der Waals surface area (Å²) in [5.41, 5.74) is 0. The minimum absolute atomic E-state index is 0.228. The van der Waals surface area contributed by atoms with Crippen LogP contribution in [0.4, 0.5) is 0 Å². The maximum atomic E-state index is 12.2. The Bertz CT molecular complexity index is 313. The van der Waals surface area contributed by atoms with Crippen LogP contribution in [0.1, 0.15) is 32.1 Å². The second kappa shape index (κ2) is 3.32. The average molecular weight is 207 g/mol. The van der Waals surface area contributed by atoms with Gasteiger partial charge in [-0.3, -0.25) is 9.59 Å². The van der Waals surface area contributed by atoms with Crippen LogP contribution in [0.25, 0.3) is 0 Å². The molecule has 3 aliphatic rings. The Hall–Kier alpha value is -0.860. The number of hydrogen-bond acceptors (Lipinski definition) is 2. The van der Waals surface area contributed by atoms with Crippen LogP contribution in [0.5, 0.6) is 0 Å². The van der Waals surface area contributed by atoms with Crippen molar-refractivity contribution in [2.75, 3.05) is 13.1 Å². The molecule has 1 aliphatic heterocycles. The van der Waals surface area contributed by atoms with E-state index < -0.39 is 0 Å². The molecule has 1 amide bonds. The molecule has 2 aliphatic carbocycles. The molecule has 0 aromatic rings. The van der Waals surface area contributed by atoms with Gasteiger partial charge in [0.05, 0.1) is 6.54 Å². The van der Waals surface area contributed by atoms with Crippen LogP contribution in [0.15, 0.2) is 0 Å². The van der Waals surface area contributed by atoms with E-state index in [9.17, 15) is 9.59 Å². The molecule has 0 aromatic carbocycles. The Morgan fingerprint density at radius 2 is 2.20 bits per heavy atom. The Balaban J connectivity index is 1.66. The first-order valence-electron chi connectivity index (χ1n) is 6.06. The first-order valence-corrected chi connectivity index (χ1v) is 6.06. The molecule has 0 N–H and O–H groups in total. The van der Waals surface area contributed by atoms with Crippen LogP contribution in [-0.4, -0.2) is 29.7 Å². The number of amides is 1. The largest absolute Gasteiger partial charge is 0.335 e. The minimum Gasteiger partial charge on any atom is -0.335 e. The van der Waals surface area contributed by atoms with Crippen LogP contribution in [-0.2, 0) is 9.59 Å². The van der Waals surface area contributed by atoms with Gasteiger partial charge in [-0.05, 0) is 24.7 Å². The smallest absolute Gasteiger partial charge is 0.226 e. The van der Waals surface area contributed by atoms with Crippen molar-refractivity contribution in [2.45, 2.75) is 32.1 Å². The molecule has 3 unspecified atom stereocenters. The molecule has 3 rings (SSSR count). The van der Waals surface area contributed by atoms with Gasteiger partial charge in [-0.15, -0.1) is 0 Å². The SMILES string of the molecule is O=C1CCN(C(=O)C2CCCC3CC32)C1. The molecule has 3 heteroatoms. The van der Waals surface area contributed by atoms with E-state index in [-0.39, 0.29) is 17.6 Å². The number of carbonyl (C=O) groups excluding carboxylic acids is 2. The molecular weight excluding hydrogens is 190 g/mol. The summed E-state index contributed by atoms with van der Waals surface area (Å²) < 4.78 is 0. The van der Waals surface area contributed by atoms with Gasteiger partial charge in [0.1, 0.15) is 0 Å². The predicted octanol–water partition coefficient (Wildman–Crippen LogP) is 1.22. The highest BCUT2D eigenvalue weighted by atomic mass is 16.2. The number of hydrogen-bond donors (Lipinski definition) is 0. The monoisotopic (exact) mass is 207 g/mol. The third-order valence-corrected chi connectivity index (χ3v) is 4.24. The molecule has 3 atom stereocenters. The van der Waals surface area contributed by atoms with E-state index in [4.69, 9.17) is 0 Å². The maximum Gasteiger partial charge on any atom is 0.226 e. The zero-order valence-corrected chi connectivity index (χ0v) is 8.95. The summed E-state index contributed by atoms with van der Waals surface area (Å²) in [6.07, 6.45) is 5.43. The van der Waals surface area contributed by atoms with Gasteiger partial charge in [0.15, 0.2) is 5.78 Å². The van der Waals surface area contributed by atoms with Crippen molar-refractivity contribution in [2.24, 2.45) is 17.8 Å². The van der Waals surface area contributed by atoms with Crippen molar-refractivity contribution in [1.29, 1.82) is 0 Å². The fraction of sp³-hybridized carbons (Fsp3) is 0.833. The summed E-state index contributed by atoms with van der Waals surface area (Å²) in [7, 11) is 0. The van der Waals surface area contributed by atoms with Gasteiger partial charge in [-0.25, -0.2) is 0 Å². The minimum atomic E-state index is 0.228. The second-order valence-electron chi connectivity index (χ2n) is 5.25. The number of rotatable bonds is 1. The Morgan fingerprint density at radius 1 is 1.33 bits per heavy atom. The number of carbonyl (C=O) groups is 2. The number of Topliss-reactive ketones (excluding diaryl/α,β-unsaturated/α-hetero) is 1. The van der Waals surface area contributed by atoms with E-state index in [0.29, 0.717) is 25.4 Å². The molecule has 15 heavy (non-hydrogen) atoms. The van der Waals surface area contributed by atoms with Gasteiger partial charge >= 0.3 is 0 Å². The lowest BCUT2D eigenvalue weighted by Crippen LogP contribution is -2.36. The first kappa shape index (κ1) is 9.37. The fourth-order valence-electron chi connectivity index (χ4n) is 3.27. The molecule has 0 radical (unpaired) electrons. The third kappa shape index (κ3) is 1.58. The highest BCUT2D eigenvalue weighted by Gasteiger charge is 2.49. The molecule has 3 fully saturated rings. The van der Waals surface area contributed by atoms with E-state index >= 15 is 0 Å². The molecule has 0 aromatic heterocycles. The van der Waals surface area contributed by atoms with Gasteiger partial charge in [-0.2, -0.15) is 0 Å². The zero-order chi connectivity index (χ0) is 10.4. The quantitative estimate of drug-likeness (QED) is 0.648. The molecule has 82 valence electrons. The lowest BCUT2D eigenvalue weighted by molar-refractivity contribution is -0.137. The Kier molecular flexibility index (Phi) is 2.08. The lowest BCUT2D eigenvalue weighted by Gasteiger charge is -2.25. The van der Waals surface area contributed by atoms with Crippen molar-refractivity contribution in [3.63, 3.8) is 0 Å². The van der Waals surface area contributed by atoms with Crippen molar-refractivity contribution in [1.82, 2.24) is 4.90 Å². The third-order valence-electron chi connectivity index (χ3n) is 4.24. The number of likely N-dealkylation sites (tertiary alicyclic amines) is 1. The fourth-order valence-corrected chi connectivity index (χ4v) is 3.27. The molecule has 3 nitrogen and oxygen atoms in total. The normalized spacial score (nSPS) is 39.1. The highest BCUT2D eigenvalue weighted by molar-refractivity contribution is 5.90. The van der Waals surface area contributed by atoms with Crippen LogP contribution in [0.2, 0.25) is 0 Å². The summed E-state index contributed by atoms with van der Waals surface area (Å²) in [6, 6.07) is 0. The van der Waals surface area contributed by atoms with Gasteiger partial charge in [0, 0.05) is 18.9 Å². The van der Waals surface area contributed by atoms with E-state index in [1.807, 2.05) is 0 Å². The van der Waals surface area contributed by atoms with Crippen molar-refractivity contribution in [3.05, 3.63) is 0 Å². The van der Waals surface area contributed by atoms with E-state index in [2.05, 4.69) is 0 Å². The van der Waals surface area contributed by atoms with Crippen LogP contribution >= 0.6 is 0 Å². The van der Waals surface area contributed by atoms with Gasteiger partial charge < -0.3 is 4.90 Å². The molecular formula is C12H17NO2. The summed E-state index contributed by atoms with van der Waals surface area (Å²) in [6.45, 7) is 1.05. The van der Waals surface area contributed by atoms with Crippen molar-refractivity contribution < 1.29 is 9.59 Å². The standard InChI is InChI=1S/C12H17NO2/c14-9-4-5-13(7-9)12(15)10-3-1-2-8-6-11(8)10/h8,10-11H,1-7H2. The van der Waals surface area contributed by atoms with E-state index in [0.717, 1.165) is 12.3 Å². The van der Waals surface area contributed by atoms with Crippen LogP contribution in [0, 0.1) is 17.8 Å². The van der Waals surface area contributed by atoms with Crippen molar-refractivity contribution >= 4 is 11.7 Å². The summed E-state index contributed by atoms with van der Waals surface area (Å²) in [5.74, 6) is 2.27. The second-order valence-corrected chi connectivity index (χ2v) is 5.25. The van der Waals surface area contributed by atoms with Crippen molar-refractivity contribution in [3.8, 4) is 0 Å². The summed E-state index contributed by atoms with van der Waals surface area (Å²) in [4.78, 5) is 25.1. The molecule has 0 spiro atoms. The lowest BCUT2D eigenvalue weighted by atomic mass is 9.88. The molecule has 1 heterocycles. The zero-order valence-electron chi connectivity index (χ0n) is 8.95. The van der Waals surface area contributed by atoms with Gasteiger partial charge in [0.25, 0.3) is 0 Å². The molecule has 0 bridgehead atoms. The average Bonchev–Trinajstić information content (AvgIpc) is 2.91. The van der Waals surface area contributed by atoms with E-state index in [1.54, 1.807) is 4.90 Å². The van der Waals surface area contributed by atoms with Crippen LogP contribution in [0.3, 0.4) is 0 Å². The Morgan fingerprint density at radius 3 is 2.93 bits per heavy atom. The number of fused-ring (bicyclic) bond motifs is 1. The van der Waals surface area contributed by atoms with Crippen LogP contribution < -0.4 is 0 Å². The first-order chi connectivity index (χ1) is 7.25. The number of ketones is 1. The summed E-state index contributed by atoms with van der Waals surface area (Å²) in [5, 5.41) is 0. The van der Waals surface area contributed by atoms with Gasteiger partial charge in [-0.1, -0.05) is 12.8 Å². The molecule has 2 saturated carbocycles. The molecule has 1 saturated heterocycles. The Labute approximate surface area is 89.8 Å². The highest BCUT2D eigenvalue weighted by Crippen LogP contribution is 2.53. The maximum absolute atomic E-state index is 12.2. The van der Waals surface area contributed by atoms with Gasteiger partial charge in [0.2, 0.25) is 5.91 Å². The number of nitrogens with zero attached hydrogens (tertiary/aromatic N) is 1. The predicted molar refractivity (Wildman–Crippen MR) is 55.1 cm³/mol. The summed E-state index contributed by atoms with van der Waals surface area (Å²) >= 11 is 0. The topological polar surface area (TPSA) is 37.4 Å².